The van der Waals surface area contributed by atoms with Crippen molar-refractivity contribution in [1.82, 2.24) is 5.32 Å². The van der Waals surface area contributed by atoms with E-state index in [0.29, 0.717) is 0 Å². The second-order valence-corrected chi connectivity index (χ2v) is 8.72. The van der Waals surface area contributed by atoms with Crippen LogP contribution in [0.1, 0.15) is 56.1 Å². The van der Waals surface area contributed by atoms with Crippen LogP contribution in [0.2, 0.25) is 0 Å². The van der Waals surface area contributed by atoms with Crippen LogP contribution in [-0.2, 0) is 9.53 Å². The van der Waals surface area contributed by atoms with Crippen LogP contribution in [-0.4, -0.2) is 29.4 Å². The number of ketones is 1. The summed E-state index contributed by atoms with van der Waals surface area (Å²) in [5.41, 5.74) is 0.387. The first-order valence-corrected chi connectivity index (χ1v) is 10.1. The summed E-state index contributed by atoms with van der Waals surface area (Å²) in [6.07, 6.45) is -0.715. The Labute approximate surface area is 182 Å². The van der Waals surface area contributed by atoms with Crippen molar-refractivity contribution in [2.75, 3.05) is 5.32 Å². The van der Waals surface area contributed by atoms with E-state index in [0.717, 1.165) is 5.56 Å². The third-order valence-electron chi connectivity index (χ3n) is 4.42. The third-order valence-corrected chi connectivity index (χ3v) is 4.42. The van der Waals surface area contributed by atoms with Gasteiger partial charge in [0.15, 0.2) is 5.78 Å². The highest BCUT2D eigenvalue weighted by Gasteiger charge is 2.28. The maximum Gasteiger partial charge on any atom is 0.408 e. The van der Waals surface area contributed by atoms with Crippen molar-refractivity contribution >= 4 is 23.5 Å². The molecule has 6 nitrogen and oxygen atoms in total. The molecule has 0 aliphatic heterocycles. The first-order valence-electron chi connectivity index (χ1n) is 10.1. The van der Waals surface area contributed by atoms with Gasteiger partial charge in [0.25, 0.3) is 0 Å². The average molecular weight is 429 g/mol. The quantitative estimate of drug-likeness (QED) is 0.644. The molecule has 7 heteroatoms. The van der Waals surface area contributed by atoms with E-state index in [1.807, 2.05) is 0 Å². The van der Waals surface area contributed by atoms with Crippen molar-refractivity contribution in [2.24, 2.45) is 5.92 Å². The van der Waals surface area contributed by atoms with Crippen molar-refractivity contribution in [3.63, 3.8) is 0 Å². The second-order valence-electron chi connectivity index (χ2n) is 8.72. The molecule has 2 amide bonds. The van der Waals surface area contributed by atoms with Crippen LogP contribution in [0.15, 0.2) is 42.5 Å². The Morgan fingerprint density at radius 1 is 1.00 bits per heavy atom. The van der Waals surface area contributed by atoms with Crippen LogP contribution in [0.5, 0.6) is 0 Å². The smallest absolute Gasteiger partial charge is 0.408 e. The summed E-state index contributed by atoms with van der Waals surface area (Å²) in [7, 11) is 0. The number of nitrogens with one attached hydrogen (secondary N) is 2. The Morgan fingerprint density at radius 2 is 1.65 bits per heavy atom. The predicted molar refractivity (Wildman–Crippen MR) is 118 cm³/mol. The first-order chi connectivity index (χ1) is 14.4. The van der Waals surface area contributed by atoms with Crippen LogP contribution in [0, 0.1) is 18.7 Å². The highest BCUT2D eigenvalue weighted by Crippen LogP contribution is 2.23. The van der Waals surface area contributed by atoms with E-state index in [9.17, 15) is 18.8 Å². The molecule has 1 atom stereocenters. The van der Waals surface area contributed by atoms with Gasteiger partial charge in [0.2, 0.25) is 5.91 Å². The fourth-order valence-electron chi connectivity index (χ4n) is 2.93. The monoisotopic (exact) mass is 428 g/mol. The number of amides is 2. The second kappa shape index (κ2) is 9.73. The van der Waals surface area contributed by atoms with Crippen molar-refractivity contribution < 1.29 is 23.5 Å². The lowest BCUT2D eigenvalue weighted by Crippen LogP contribution is -2.48. The molecule has 2 rings (SSSR count). The minimum Gasteiger partial charge on any atom is -0.444 e. The molecular formula is C24H29FN2O4. The Morgan fingerprint density at radius 3 is 2.23 bits per heavy atom. The molecular weight excluding hydrogens is 399 g/mol. The molecule has 2 aromatic carbocycles. The fourth-order valence-corrected chi connectivity index (χ4v) is 2.93. The Bertz CT molecular complexity index is 980. The highest BCUT2D eigenvalue weighted by molar-refractivity contribution is 6.14. The van der Waals surface area contributed by atoms with Gasteiger partial charge < -0.3 is 15.4 Å². The molecule has 0 unspecified atom stereocenters. The van der Waals surface area contributed by atoms with Crippen LogP contribution in [0.25, 0.3) is 0 Å². The standard InChI is InChI=1S/C24H29FN2O4/c1-14(2)20(27-23(30)31-24(4,5)6)22(29)26-19-12-11-15(3)13-17(19)21(28)16-9-7-8-10-18(16)25/h7-14,20H,1-6H3,(H,26,29)(H,27,30)/t20-/m0/s1. The van der Waals surface area contributed by atoms with Crippen LogP contribution in [0.3, 0.4) is 0 Å². The van der Waals surface area contributed by atoms with Crippen molar-refractivity contribution in [2.45, 2.75) is 53.2 Å². The maximum absolute atomic E-state index is 14.2. The van der Waals surface area contributed by atoms with Crippen molar-refractivity contribution in [3.8, 4) is 0 Å². The molecule has 166 valence electrons. The molecule has 0 fully saturated rings. The lowest BCUT2D eigenvalue weighted by Gasteiger charge is -2.25. The van der Waals surface area contributed by atoms with E-state index in [-0.39, 0.29) is 22.7 Å². The van der Waals surface area contributed by atoms with Crippen LogP contribution >= 0.6 is 0 Å². The molecule has 0 aromatic heterocycles. The van der Waals surface area contributed by atoms with Gasteiger partial charge in [-0.3, -0.25) is 9.59 Å². The van der Waals surface area contributed by atoms with Gasteiger partial charge in [-0.25, -0.2) is 9.18 Å². The largest absolute Gasteiger partial charge is 0.444 e. The molecule has 0 aliphatic carbocycles. The van der Waals surface area contributed by atoms with Gasteiger partial charge in [0, 0.05) is 5.56 Å². The zero-order valence-corrected chi connectivity index (χ0v) is 18.7. The molecule has 0 radical (unpaired) electrons. The molecule has 2 N–H and O–H groups in total. The average Bonchev–Trinajstić information content (AvgIpc) is 2.65. The lowest BCUT2D eigenvalue weighted by atomic mass is 9.98. The van der Waals surface area contributed by atoms with E-state index >= 15 is 0 Å². The van der Waals surface area contributed by atoms with Gasteiger partial charge in [-0.05, 0) is 57.9 Å². The van der Waals surface area contributed by atoms with Crippen LogP contribution < -0.4 is 10.6 Å². The van der Waals surface area contributed by atoms with Crippen LogP contribution in [0.4, 0.5) is 14.9 Å². The number of hydrogen-bond donors (Lipinski definition) is 2. The SMILES string of the molecule is Cc1ccc(NC(=O)[C@@H](NC(=O)OC(C)(C)C)C(C)C)c(C(=O)c2ccccc2F)c1. The predicted octanol–water partition coefficient (Wildman–Crippen LogP) is 4.85. The van der Waals surface area contributed by atoms with Gasteiger partial charge in [-0.2, -0.15) is 0 Å². The van der Waals surface area contributed by atoms with Gasteiger partial charge in [0.1, 0.15) is 17.5 Å². The number of alkyl carbamates (subject to hydrolysis) is 1. The van der Waals surface area contributed by atoms with E-state index < -0.39 is 35.2 Å². The number of carbonyl (C=O) groups excluding carboxylic acids is 3. The first kappa shape index (κ1) is 24.1. The molecule has 2 aromatic rings. The van der Waals surface area contributed by atoms with Gasteiger partial charge in [0.05, 0.1) is 11.3 Å². The summed E-state index contributed by atoms with van der Waals surface area (Å²) in [6.45, 7) is 10.5. The van der Waals surface area contributed by atoms with Gasteiger partial charge in [-0.1, -0.05) is 37.6 Å². The van der Waals surface area contributed by atoms with Gasteiger partial charge in [-0.15, -0.1) is 0 Å². The lowest BCUT2D eigenvalue weighted by molar-refractivity contribution is -0.119. The Balaban J connectivity index is 2.30. The zero-order valence-electron chi connectivity index (χ0n) is 18.7. The Hall–Kier alpha value is -3.22. The number of anilines is 1. The van der Waals surface area contributed by atoms with Crippen molar-refractivity contribution in [3.05, 3.63) is 65.0 Å². The Kier molecular flexibility index (Phi) is 7.55. The highest BCUT2D eigenvalue weighted by atomic mass is 19.1. The summed E-state index contributed by atoms with van der Waals surface area (Å²) < 4.78 is 19.4. The number of hydrogen-bond acceptors (Lipinski definition) is 4. The van der Waals surface area contributed by atoms with E-state index in [1.165, 1.54) is 18.2 Å². The van der Waals surface area contributed by atoms with Gasteiger partial charge >= 0.3 is 6.09 Å². The summed E-state index contributed by atoms with van der Waals surface area (Å²) in [6, 6.07) is 9.70. The molecule has 0 spiro atoms. The zero-order chi connectivity index (χ0) is 23.3. The summed E-state index contributed by atoms with van der Waals surface area (Å²) in [5, 5.41) is 5.28. The number of ether oxygens (including phenoxy) is 1. The van der Waals surface area contributed by atoms with E-state index in [2.05, 4.69) is 10.6 Å². The summed E-state index contributed by atoms with van der Waals surface area (Å²) >= 11 is 0. The minimum atomic E-state index is -0.896. The fraction of sp³-hybridized carbons (Fsp3) is 0.375. The maximum atomic E-state index is 14.2. The molecule has 31 heavy (non-hydrogen) atoms. The number of carbonyl (C=O) groups is 3. The third kappa shape index (κ3) is 6.64. The molecule has 0 bridgehead atoms. The van der Waals surface area contributed by atoms with E-state index in [1.54, 1.807) is 65.8 Å². The topological polar surface area (TPSA) is 84.5 Å². The molecule has 0 heterocycles. The number of benzene rings is 2. The number of rotatable bonds is 6. The minimum absolute atomic E-state index is 0.0871. The van der Waals surface area contributed by atoms with E-state index in [4.69, 9.17) is 4.74 Å². The number of halogens is 1. The van der Waals surface area contributed by atoms with Crippen molar-refractivity contribution in [1.29, 1.82) is 0 Å². The molecule has 0 saturated carbocycles. The normalized spacial score (nSPS) is 12.3. The molecule has 0 saturated heterocycles. The molecule has 0 aliphatic rings. The summed E-state index contributed by atoms with van der Waals surface area (Å²) in [4.78, 5) is 38.1. The number of aryl methyl sites for hydroxylation is 1. The summed E-state index contributed by atoms with van der Waals surface area (Å²) in [5.74, 6) is -1.94.